The summed E-state index contributed by atoms with van der Waals surface area (Å²) in [7, 11) is 0. The maximum absolute atomic E-state index is 12.9. The predicted molar refractivity (Wildman–Crippen MR) is 90.5 cm³/mol. The average molecular weight is 368 g/mol. The van der Waals surface area contributed by atoms with Gasteiger partial charge in [0.15, 0.2) is 0 Å². The second-order valence-corrected chi connectivity index (χ2v) is 6.81. The van der Waals surface area contributed by atoms with E-state index in [4.69, 9.17) is 17.3 Å². The molecule has 1 fully saturated rings. The first-order valence-corrected chi connectivity index (χ1v) is 8.38. The molecule has 6 heteroatoms. The third kappa shape index (κ3) is 4.15. The van der Waals surface area contributed by atoms with E-state index in [9.17, 15) is 18.0 Å². The van der Waals surface area contributed by atoms with Gasteiger partial charge in [0.1, 0.15) is 0 Å². The number of halogens is 4. The minimum atomic E-state index is -4.47. The molecule has 1 aliphatic rings. The van der Waals surface area contributed by atoms with Crippen molar-refractivity contribution in [2.45, 2.75) is 37.3 Å². The number of hydrogen-bond donors (Lipinski definition) is 1. The topological polar surface area (TPSA) is 43.1 Å². The highest BCUT2D eigenvalue weighted by Crippen LogP contribution is 2.41. The van der Waals surface area contributed by atoms with Crippen molar-refractivity contribution in [1.29, 1.82) is 0 Å². The number of primary amides is 1. The first kappa shape index (κ1) is 17.8. The molecule has 0 bridgehead atoms. The molecule has 1 amide bonds. The monoisotopic (exact) mass is 367 g/mol. The highest BCUT2D eigenvalue weighted by molar-refractivity contribution is 6.31. The highest BCUT2D eigenvalue weighted by atomic mass is 35.5. The lowest BCUT2D eigenvalue weighted by molar-refractivity contribution is -0.137. The lowest BCUT2D eigenvalue weighted by Gasteiger charge is -2.17. The van der Waals surface area contributed by atoms with E-state index in [0.29, 0.717) is 16.5 Å². The van der Waals surface area contributed by atoms with Crippen LogP contribution in [0.5, 0.6) is 0 Å². The Labute approximate surface area is 148 Å². The van der Waals surface area contributed by atoms with Gasteiger partial charge in [0.05, 0.1) is 11.5 Å². The maximum atomic E-state index is 12.9. The molecule has 132 valence electrons. The Bertz CT molecular complexity index is 799. The van der Waals surface area contributed by atoms with E-state index in [1.54, 1.807) is 0 Å². The Kier molecular flexibility index (Phi) is 4.78. The molecule has 0 heterocycles. The summed E-state index contributed by atoms with van der Waals surface area (Å²) in [6.45, 7) is 0. The van der Waals surface area contributed by atoms with Crippen LogP contribution in [0.1, 0.15) is 46.9 Å². The molecule has 25 heavy (non-hydrogen) atoms. The van der Waals surface area contributed by atoms with Gasteiger partial charge in [-0.2, -0.15) is 13.2 Å². The van der Waals surface area contributed by atoms with E-state index in [2.05, 4.69) is 0 Å². The predicted octanol–water partition coefficient (Wildman–Crippen LogP) is 5.05. The largest absolute Gasteiger partial charge is 0.416 e. The van der Waals surface area contributed by atoms with E-state index in [1.807, 2.05) is 18.2 Å². The fourth-order valence-electron chi connectivity index (χ4n) is 2.93. The molecule has 2 nitrogen and oxygen atoms in total. The van der Waals surface area contributed by atoms with Gasteiger partial charge in [0.2, 0.25) is 5.91 Å². The minimum Gasteiger partial charge on any atom is -0.369 e. The number of carbonyl (C=O) groups excluding carboxylic acids is 1. The summed E-state index contributed by atoms with van der Waals surface area (Å²) in [5, 5.41) is 0.516. The van der Waals surface area contributed by atoms with Crippen LogP contribution in [0.15, 0.2) is 42.5 Å². The normalized spacial score (nSPS) is 15.8. The zero-order valence-electron chi connectivity index (χ0n) is 13.3. The molecule has 0 aromatic heterocycles. The molecule has 0 saturated heterocycles. The molecule has 1 saturated carbocycles. The smallest absolute Gasteiger partial charge is 0.369 e. The molecular formula is C19H17ClF3NO. The molecule has 0 radical (unpaired) electrons. The van der Waals surface area contributed by atoms with E-state index >= 15 is 0 Å². The van der Waals surface area contributed by atoms with E-state index in [-0.39, 0.29) is 12.0 Å². The van der Waals surface area contributed by atoms with Gasteiger partial charge in [-0.05, 0) is 54.0 Å². The summed E-state index contributed by atoms with van der Waals surface area (Å²) in [5.74, 6) is -1.00. The van der Waals surface area contributed by atoms with Crippen molar-refractivity contribution in [1.82, 2.24) is 0 Å². The van der Waals surface area contributed by atoms with Crippen molar-refractivity contribution in [3.63, 3.8) is 0 Å². The van der Waals surface area contributed by atoms with Gasteiger partial charge in [-0.15, -0.1) is 0 Å². The van der Waals surface area contributed by atoms with Gasteiger partial charge in [-0.1, -0.05) is 41.9 Å². The molecule has 1 aliphatic carbocycles. The fraction of sp³-hybridized carbons (Fsp3) is 0.316. The van der Waals surface area contributed by atoms with Gasteiger partial charge in [0.25, 0.3) is 0 Å². The van der Waals surface area contributed by atoms with Crippen LogP contribution in [0.25, 0.3) is 0 Å². The van der Waals surface area contributed by atoms with Gasteiger partial charge in [-0.25, -0.2) is 0 Å². The number of alkyl halides is 3. The van der Waals surface area contributed by atoms with Crippen LogP contribution >= 0.6 is 11.6 Å². The maximum Gasteiger partial charge on any atom is 0.416 e. The lowest BCUT2D eigenvalue weighted by atomic mass is 9.90. The number of nitrogens with two attached hydrogens (primary N) is 1. The summed E-state index contributed by atoms with van der Waals surface area (Å²) < 4.78 is 38.7. The number of rotatable bonds is 5. The number of hydrogen-bond acceptors (Lipinski definition) is 1. The zero-order valence-corrected chi connectivity index (χ0v) is 14.1. The highest BCUT2D eigenvalue weighted by Gasteiger charge is 2.32. The van der Waals surface area contributed by atoms with E-state index < -0.39 is 23.6 Å². The van der Waals surface area contributed by atoms with Crippen LogP contribution < -0.4 is 5.73 Å². The van der Waals surface area contributed by atoms with Crippen LogP contribution in [0.4, 0.5) is 13.2 Å². The average Bonchev–Trinajstić information content (AvgIpc) is 3.37. The van der Waals surface area contributed by atoms with Gasteiger partial charge < -0.3 is 5.73 Å². The van der Waals surface area contributed by atoms with Crippen molar-refractivity contribution in [3.05, 3.63) is 69.7 Å². The first-order valence-electron chi connectivity index (χ1n) is 8.00. The Morgan fingerprint density at radius 2 is 1.92 bits per heavy atom. The molecule has 1 atom stereocenters. The third-order valence-electron chi connectivity index (χ3n) is 4.51. The van der Waals surface area contributed by atoms with Crippen molar-refractivity contribution in [2.75, 3.05) is 0 Å². The van der Waals surface area contributed by atoms with Gasteiger partial charge in [-0.3, -0.25) is 4.79 Å². The standard InChI is InChI=1S/C19H17ClF3NO/c20-17-10-12(11-4-5-11)6-7-14(17)9-16(18(24)25)13-2-1-3-15(8-13)19(21,22)23/h1-3,6-8,10-11,16H,4-5,9H2,(H2,24,25). The number of carbonyl (C=O) groups is 1. The molecule has 1 unspecified atom stereocenters. The van der Waals surface area contributed by atoms with Gasteiger partial charge in [0, 0.05) is 5.02 Å². The second kappa shape index (κ2) is 6.71. The van der Waals surface area contributed by atoms with Crippen LogP contribution in [-0.4, -0.2) is 5.91 Å². The first-order chi connectivity index (χ1) is 11.8. The van der Waals surface area contributed by atoms with Crippen LogP contribution in [-0.2, 0) is 17.4 Å². The van der Waals surface area contributed by atoms with Crippen LogP contribution in [0, 0.1) is 0 Å². The zero-order chi connectivity index (χ0) is 18.2. The van der Waals surface area contributed by atoms with Crippen molar-refractivity contribution in [3.8, 4) is 0 Å². The van der Waals surface area contributed by atoms with Gasteiger partial charge >= 0.3 is 6.18 Å². The Hall–Kier alpha value is -2.01. The second-order valence-electron chi connectivity index (χ2n) is 6.41. The van der Waals surface area contributed by atoms with Crippen molar-refractivity contribution in [2.24, 2.45) is 5.73 Å². The Morgan fingerprint density at radius 3 is 2.48 bits per heavy atom. The fourth-order valence-corrected chi connectivity index (χ4v) is 3.20. The molecule has 3 rings (SSSR count). The van der Waals surface area contributed by atoms with E-state index in [1.165, 1.54) is 12.1 Å². The summed E-state index contributed by atoms with van der Waals surface area (Å²) in [6, 6.07) is 10.4. The molecule has 2 N–H and O–H groups in total. The Balaban J connectivity index is 1.88. The molecule has 2 aromatic carbocycles. The summed E-state index contributed by atoms with van der Waals surface area (Å²) >= 11 is 6.31. The number of amides is 1. The van der Waals surface area contributed by atoms with Crippen LogP contribution in [0.2, 0.25) is 5.02 Å². The van der Waals surface area contributed by atoms with E-state index in [0.717, 1.165) is 30.5 Å². The van der Waals surface area contributed by atoms with Crippen molar-refractivity contribution < 1.29 is 18.0 Å². The van der Waals surface area contributed by atoms with Crippen LogP contribution in [0.3, 0.4) is 0 Å². The van der Waals surface area contributed by atoms with Crippen molar-refractivity contribution >= 4 is 17.5 Å². The Morgan fingerprint density at radius 1 is 1.20 bits per heavy atom. The molecule has 0 aliphatic heterocycles. The summed E-state index contributed by atoms with van der Waals surface area (Å²) in [4.78, 5) is 11.9. The summed E-state index contributed by atoms with van der Waals surface area (Å²) in [5.41, 5.74) is 6.75. The SMILES string of the molecule is NC(=O)C(Cc1ccc(C2CC2)cc1Cl)c1cccc(C(F)(F)F)c1. The molecular weight excluding hydrogens is 351 g/mol. The molecule has 2 aromatic rings. The summed E-state index contributed by atoms with van der Waals surface area (Å²) in [6.07, 6.45) is -2.02. The third-order valence-corrected chi connectivity index (χ3v) is 4.86. The lowest BCUT2D eigenvalue weighted by Crippen LogP contribution is -2.24. The number of benzene rings is 2. The minimum absolute atomic E-state index is 0.167. The quantitative estimate of drug-likeness (QED) is 0.789. The molecule has 0 spiro atoms.